The predicted molar refractivity (Wildman–Crippen MR) is 87.2 cm³/mol. The molecule has 0 aliphatic carbocycles. The van der Waals surface area contributed by atoms with Crippen molar-refractivity contribution in [3.05, 3.63) is 71.3 Å². The smallest absolute Gasteiger partial charge is 0.134 e. The largest absolute Gasteiger partial charge is 0.459 e. The van der Waals surface area contributed by atoms with E-state index in [4.69, 9.17) is 10.3 Å². The average Bonchev–Trinajstić information content (AvgIpc) is 3.11. The van der Waals surface area contributed by atoms with E-state index in [9.17, 15) is 0 Å². The maximum atomic E-state index is 5.94. The van der Waals surface area contributed by atoms with Crippen LogP contribution in [0.1, 0.15) is 16.7 Å². The van der Waals surface area contributed by atoms with E-state index in [-0.39, 0.29) is 6.04 Å². The maximum absolute atomic E-state index is 5.94. The third-order valence-electron chi connectivity index (χ3n) is 3.62. The van der Waals surface area contributed by atoms with Crippen LogP contribution in [0.15, 0.2) is 65.1 Å². The molecule has 0 radical (unpaired) electrons. The van der Waals surface area contributed by atoms with Gasteiger partial charge in [-0.3, -0.25) is 5.84 Å². The van der Waals surface area contributed by atoms with E-state index in [1.807, 2.05) is 36.4 Å². The minimum Gasteiger partial charge on any atom is -0.459 e. The van der Waals surface area contributed by atoms with E-state index >= 15 is 0 Å². The number of hydrogen-bond donors (Lipinski definition) is 2. The molecule has 2 aromatic carbocycles. The lowest BCUT2D eigenvalue weighted by Crippen LogP contribution is -2.27. The van der Waals surface area contributed by atoms with E-state index in [0.717, 1.165) is 21.6 Å². The molecule has 3 nitrogen and oxygen atoms in total. The summed E-state index contributed by atoms with van der Waals surface area (Å²) in [6, 6.07) is 20.4. The van der Waals surface area contributed by atoms with Crippen molar-refractivity contribution < 1.29 is 4.42 Å². The summed E-state index contributed by atoms with van der Waals surface area (Å²) in [5, 5.41) is 2.32. The van der Waals surface area contributed by atoms with Crippen molar-refractivity contribution in [3.8, 4) is 0 Å². The SMILES string of the molecule is NNC(c1cc2ccccc2o1)c1cc2ccccc2s1. The fourth-order valence-corrected chi connectivity index (χ4v) is 3.73. The van der Waals surface area contributed by atoms with Crippen LogP contribution < -0.4 is 11.3 Å². The molecular formula is C17H14N2OS. The predicted octanol–water partition coefficient (Wildman–Crippen LogP) is 4.20. The number of hydrazine groups is 1. The third-order valence-corrected chi connectivity index (χ3v) is 4.81. The second-order valence-electron chi connectivity index (χ2n) is 4.97. The number of furan rings is 1. The van der Waals surface area contributed by atoms with Crippen LogP contribution in [-0.2, 0) is 0 Å². The summed E-state index contributed by atoms with van der Waals surface area (Å²) in [7, 11) is 0. The molecule has 2 heterocycles. The van der Waals surface area contributed by atoms with Crippen LogP contribution in [0.5, 0.6) is 0 Å². The minimum atomic E-state index is -0.130. The van der Waals surface area contributed by atoms with Crippen LogP contribution in [0.2, 0.25) is 0 Å². The molecule has 0 amide bonds. The molecule has 0 saturated heterocycles. The first-order valence-electron chi connectivity index (χ1n) is 6.78. The van der Waals surface area contributed by atoms with Crippen molar-refractivity contribution in [3.63, 3.8) is 0 Å². The highest BCUT2D eigenvalue weighted by Crippen LogP contribution is 2.34. The van der Waals surface area contributed by atoms with Crippen LogP contribution in [0, 0.1) is 0 Å². The van der Waals surface area contributed by atoms with Crippen molar-refractivity contribution in [2.45, 2.75) is 6.04 Å². The molecule has 2 aromatic heterocycles. The second kappa shape index (κ2) is 5.00. The Morgan fingerprint density at radius 1 is 0.952 bits per heavy atom. The Balaban J connectivity index is 1.83. The van der Waals surface area contributed by atoms with Crippen molar-refractivity contribution in [2.24, 2.45) is 5.84 Å². The van der Waals surface area contributed by atoms with Crippen LogP contribution in [0.4, 0.5) is 0 Å². The standard InChI is InChI=1S/C17H14N2OS/c18-19-17(14-9-11-5-1-3-7-13(11)20-14)16-10-12-6-2-4-8-15(12)21-16/h1-10,17,19H,18H2. The summed E-state index contributed by atoms with van der Waals surface area (Å²) in [6.45, 7) is 0. The van der Waals surface area contributed by atoms with Gasteiger partial charge in [-0.05, 0) is 29.7 Å². The van der Waals surface area contributed by atoms with Gasteiger partial charge in [-0.2, -0.15) is 0 Å². The molecule has 0 saturated carbocycles. The molecule has 0 aliphatic rings. The molecule has 104 valence electrons. The molecule has 1 atom stereocenters. The number of hydrogen-bond acceptors (Lipinski definition) is 4. The van der Waals surface area contributed by atoms with Crippen LogP contribution in [0.25, 0.3) is 21.1 Å². The first-order chi connectivity index (χ1) is 10.3. The highest BCUT2D eigenvalue weighted by atomic mass is 32.1. The number of fused-ring (bicyclic) bond motifs is 2. The van der Waals surface area contributed by atoms with Crippen molar-refractivity contribution in [1.29, 1.82) is 0 Å². The Bertz CT molecular complexity index is 769. The van der Waals surface area contributed by atoms with Crippen molar-refractivity contribution >= 4 is 32.4 Å². The zero-order valence-electron chi connectivity index (χ0n) is 11.2. The molecule has 1 unspecified atom stereocenters. The van der Waals surface area contributed by atoms with Gasteiger partial charge in [-0.15, -0.1) is 11.3 Å². The first-order valence-corrected chi connectivity index (χ1v) is 7.60. The van der Waals surface area contributed by atoms with Gasteiger partial charge >= 0.3 is 0 Å². The molecule has 4 aromatic rings. The van der Waals surface area contributed by atoms with Gasteiger partial charge < -0.3 is 4.42 Å². The van der Waals surface area contributed by atoms with Gasteiger partial charge in [0, 0.05) is 15.0 Å². The van der Waals surface area contributed by atoms with Gasteiger partial charge in [-0.25, -0.2) is 5.43 Å². The Kier molecular flexibility index (Phi) is 3.00. The molecule has 0 aliphatic heterocycles. The normalized spacial score (nSPS) is 13.0. The van der Waals surface area contributed by atoms with Crippen molar-refractivity contribution in [1.82, 2.24) is 5.43 Å². The summed E-state index contributed by atoms with van der Waals surface area (Å²) >= 11 is 1.73. The number of rotatable bonds is 3. The number of benzene rings is 2. The summed E-state index contributed by atoms with van der Waals surface area (Å²) in [6.07, 6.45) is 0. The van der Waals surface area contributed by atoms with Gasteiger partial charge in [0.15, 0.2) is 0 Å². The highest BCUT2D eigenvalue weighted by molar-refractivity contribution is 7.19. The second-order valence-corrected chi connectivity index (χ2v) is 6.09. The van der Waals surface area contributed by atoms with Gasteiger partial charge in [0.05, 0.1) is 0 Å². The lowest BCUT2D eigenvalue weighted by molar-refractivity contribution is 0.481. The third kappa shape index (κ3) is 2.14. The quantitative estimate of drug-likeness (QED) is 0.440. The van der Waals surface area contributed by atoms with Gasteiger partial charge in [0.25, 0.3) is 0 Å². The van der Waals surface area contributed by atoms with Crippen LogP contribution >= 0.6 is 11.3 Å². The molecule has 0 spiro atoms. The zero-order chi connectivity index (χ0) is 14.2. The summed E-state index contributed by atoms with van der Waals surface area (Å²) in [5.41, 5.74) is 3.76. The zero-order valence-corrected chi connectivity index (χ0v) is 12.1. The van der Waals surface area contributed by atoms with Crippen LogP contribution in [-0.4, -0.2) is 0 Å². The van der Waals surface area contributed by atoms with Crippen molar-refractivity contribution in [2.75, 3.05) is 0 Å². The van der Waals surface area contributed by atoms with E-state index in [1.165, 1.54) is 10.1 Å². The van der Waals surface area contributed by atoms with Crippen LogP contribution in [0.3, 0.4) is 0 Å². The van der Waals surface area contributed by atoms with Gasteiger partial charge in [0.1, 0.15) is 17.4 Å². The fourth-order valence-electron chi connectivity index (χ4n) is 2.59. The number of thiophene rings is 1. The van der Waals surface area contributed by atoms with E-state index < -0.39 is 0 Å². The average molecular weight is 294 g/mol. The monoisotopic (exact) mass is 294 g/mol. The Labute approximate surface area is 126 Å². The first kappa shape index (κ1) is 12.6. The molecular weight excluding hydrogens is 280 g/mol. The lowest BCUT2D eigenvalue weighted by atomic mass is 10.1. The van der Waals surface area contributed by atoms with E-state index in [1.54, 1.807) is 11.3 Å². The van der Waals surface area contributed by atoms with Gasteiger partial charge in [0.2, 0.25) is 0 Å². The number of nitrogens with one attached hydrogen (secondary N) is 1. The maximum Gasteiger partial charge on any atom is 0.134 e. The highest BCUT2D eigenvalue weighted by Gasteiger charge is 2.19. The molecule has 21 heavy (non-hydrogen) atoms. The number of nitrogens with two attached hydrogens (primary N) is 1. The molecule has 4 rings (SSSR count). The molecule has 0 fully saturated rings. The fraction of sp³-hybridized carbons (Fsp3) is 0.0588. The van der Waals surface area contributed by atoms with E-state index in [0.29, 0.717) is 0 Å². The summed E-state index contributed by atoms with van der Waals surface area (Å²) in [5.74, 6) is 6.62. The molecule has 3 N–H and O–H groups in total. The minimum absolute atomic E-state index is 0.130. The molecule has 4 heteroatoms. The Morgan fingerprint density at radius 2 is 1.71 bits per heavy atom. The summed E-state index contributed by atoms with van der Waals surface area (Å²) < 4.78 is 7.19. The summed E-state index contributed by atoms with van der Waals surface area (Å²) in [4.78, 5) is 1.15. The topological polar surface area (TPSA) is 51.2 Å². The molecule has 0 bridgehead atoms. The Hall–Kier alpha value is -2.14. The lowest BCUT2D eigenvalue weighted by Gasteiger charge is -2.10. The Morgan fingerprint density at radius 3 is 2.48 bits per heavy atom. The van der Waals surface area contributed by atoms with E-state index in [2.05, 4.69) is 29.7 Å². The van der Waals surface area contributed by atoms with Gasteiger partial charge in [-0.1, -0.05) is 36.4 Å². The number of para-hydroxylation sites is 1.